The number of hydrogen-bond donors (Lipinski definition) is 2. The summed E-state index contributed by atoms with van der Waals surface area (Å²) in [5.74, 6) is 0.325. The molecule has 2 fully saturated rings. The van der Waals surface area contributed by atoms with Crippen LogP contribution < -0.4 is 10.5 Å². The first-order valence-electron chi connectivity index (χ1n) is 12.0. The number of aromatic nitrogens is 2. The van der Waals surface area contributed by atoms with Crippen molar-refractivity contribution in [3.05, 3.63) is 74.8 Å². The van der Waals surface area contributed by atoms with Crippen molar-refractivity contribution in [2.75, 3.05) is 18.5 Å². The largest absolute Gasteiger partial charge is 0.367 e. The predicted molar refractivity (Wildman–Crippen MR) is 141 cm³/mol. The highest BCUT2D eigenvalue weighted by atomic mass is 35.5. The first-order chi connectivity index (χ1) is 17.7. The summed E-state index contributed by atoms with van der Waals surface area (Å²) >= 11 is 7.64. The number of halogens is 1. The fourth-order valence-corrected chi connectivity index (χ4v) is 6.65. The number of carbonyl (C=O) groups excluding carboxylic acids is 1. The molecule has 1 aliphatic heterocycles. The highest BCUT2D eigenvalue weighted by Gasteiger charge is 2.40. The van der Waals surface area contributed by atoms with E-state index in [1.165, 1.54) is 23.9 Å². The first-order valence-corrected chi connectivity index (χ1v) is 14.7. The lowest BCUT2D eigenvalue weighted by Crippen LogP contribution is -2.25. The molecule has 9 nitrogen and oxygen atoms in total. The monoisotopic (exact) mass is 562 g/mol. The summed E-state index contributed by atoms with van der Waals surface area (Å²) in [7, 11) is -3.97. The zero-order valence-electron chi connectivity index (χ0n) is 19.9. The Labute approximate surface area is 224 Å². The van der Waals surface area contributed by atoms with Gasteiger partial charge in [-0.1, -0.05) is 23.7 Å². The number of hydrogen-bond acceptors (Lipinski definition) is 9. The van der Waals surface area contributed by atoms with Crippen molar-refractivity contribution >= 4 is 44.8 Å². The third-order valence-corrected chi connectivity index (χ3v) is 8.54. The third kappa shape index (κ3) is 5.87. The van der Waals surface area contributed by atoms with Gasteiger partial charge in [-0.3, -0.25) is 8.98 Å². The second kappa shape index (κ2) is 10.8. The molecule has 0 amide bonds. The zero-order chi connectivity index (χ0) is 26.0. The Balaban J connectivity index is 1.34. The summed E-state index contributed by atoms with van der Waals surface area (Å²) < 4.78 is 33.2. The molecule has 5 rings (SSSR count). The van der Waals surface area contributed by atoms with Crippen LogP contribution in [0, 0.1) is 5.92 Å². The van der Waals surface area contributed by atoms with Gasteiger partial charge in [0.2, 0.25) is 5.78 Å². The first kappa shape index (κ1) is 26.2. The summed E-state index contributed by atoms with van der Waals surface area (Å²) in [6, 6.07) is 9.58. The second-order valence-corrected chi connectivity index (χ2v) is 12.0. The van der Waals surface area contributed by atoms with E-state index >= 15 is 0 Å². The Morgan fingerprint density at radius 3 is 2.92 bits per heavy atom. The smallest absolute Gasteiger partial charge is 0.333 e. The van der Waals surface area contributed by atoms with E-state index in [9.17, 15) is 13.2 Å². The summed E-state index contributed by atoms with van der Waals surface area (Å²) in [5, 5.41) is 10.9. The molecule has 1 unspecified atom stereocenters. The summed E-state index contributed by atoms with van der Waals surface area (Å²) in [5.41, 5.74) is 1.65. The number of benzene rings is 1. The normalized spacial score (nSPS) is 23.8. The molecular formula is C25H27ClN4O5S2. The van der Waals surface area contributed by atoms with Gasteiger partial charge in [-0.15, -0.1) is 11.3 Å². The molecule has 0 spiro atoms. The molecule has 1 saturated heterocycles. The number of thiophene rings is 1. The SMILES string of the molecule is NS(=O)(=O)OC[C@@H]1CC[C@H](Nc2ncncc2C(=O)c2cc(C3(c4cccc(Cl)c4)CCCO3)cs2)C1. The number of nitrogens with two attached hydrogens (primary N) is 1. The lowest BCUT2D eigenvalue weighted by Gasteiger charge is -2.28. The second-order valence-electron chi connectivity index (χ2n) is 9.40. The van der Waals surface area contributed by atoms with Gasteiger partial charge in [0.1, 0.15) is 17.7 Å². The van der Waals surface area contributed by atoms with Crippen LogP contribution in [0.5, 0.6) is 0 Å². The van der Waals surface area contributed by atoms with Gasteiger partial charge in [0.05, 0.1) is 17.0 Å². The molecule has 3 N–H and O–H groups in total. The van der Waals surface area contributed by atoms with E-state index in [4.69, 9.17) is 25.7 Å². The predicted octanol–water partition coefficient (Wildman–Crippen LogP) is 4.28. The molecule has 3 aromatic rings. The van der Waals surface area contributed by atoms with Crippen LogP contribution in [0.15, 0.2) is 48.2 Å². The van der Waals surface area contributed by atoms with E-state index < -0.39 is 15.9 Å². The van der Waals surface area contributed by atoms with Crippen molar-refractivity contribution < 1.29 is 22.1 Å². The van der Waals surface area contributed by atoms with E-state index in [0.717, 1.165) is 36.8 Å². The van der Waals surface area contributed by atoms with E-state index in [-0.39, 0.29) is 24.3 Å². The minimum absolute atomic E-state index is 0.0208. The molecule has 12 heteroatoms. The van der Waals surface area contributed by atoms with E-state index in [2.05, 4.69) is 15.3 Å². The Kier molecular flexibility index (Phi) is 7.62. The fraction of sp³-hybridized carbons (Fsp3) is 0.400. The average Bonchev–Trinajstić information content (AvgIpc) is 3.63. The van der Waals surface area contributed by atoms with Gasteiger partial charge in [0.25, 0.3) is 0 Å². The molecule has 0 bridgehead atoms. The molecular weight excluding hydrogens is 536 g/mol. The summed E-state index contributed by atoms with van der Waals surface area (Å²) in [6.45, 7) is 0.678. The number of nitrogens with one attached hydrogen (secondary N) is 1. The number of anilines is 1. The number of ketones is 1. The molecule has 0 radical (unpaired) electrons. The lowest BCUT2D eigenvalue weighted by molar-refractivity contribution is 0.0363. The number of ether oxygens (including phenoxy) is 1. The Morgan fingerprint density at radius 2 is 2.16 bits per heavy atom. The molecule has 3 atom stereocenters. The minimum Gasteiger partial charge on any atom is -0.367 e. The van der Waals surface area contributed by atoms with Crippen molar-refractivity contribution in [3.63, 3.8) is 0 Å². The van der Waals surface area contributed by atoms with Crippen LogP contribution in [-0.4, -0.2) is 43.4 Å². The van der Waals surface area contributed by atoms with Gasteiger partial charge in [-0.05, 0) is 72.7 Å². The number of carbonyl (C=O) groups is 1. The number of nitrogens with zero attached hydrogens (tertiary/aromatic N) is 2. The van der Waals surface area contributed by atoms with Crippen LogP contribution in [-0.2, 0) is 24.8 Å². The fourth-order valence-electron chi connectivity index (χ4n) is 5.15. The molecule has 3 heterocycles. The van der Waals surface area contributed by atoms with Crippen LogP contribution >= 0.6 is 22.9 Å². The van der Waals surface area contributed by atoms with E-state index in [1.54, 1.807) is 0 Å². The van der Waals surface area contributed by atoms with Gasteiger partial charge in [-0.25, -0.2) is 15.1 Å². The van der Waals surface area contributed by atoms with Crippen LogP contribution in [0.1, 0.15) is 58.5 Å². The summed E-state index contributed by atoms with van der Waals surface area (Å²) in [4.78, 5) is 22.5. The van der Waals surface area contributed by atoms with Crippen molar-refractivity contribution in [2.24, 2.45) is 11.1 Å². The quantitative estimate of drug-likeness (QED) is 0.369. The van der Waals surface area contributed by atoms with Gasteiger partial charge in [-0.2, -0.15) is 8.42 Å². The maximum absolute atomic E-state index is 13.6. The highest BCUT2D eigenvalue weighted by molar-refractivity contribution is 7.84. The average molecular weight is 563 g/mol. The van der Waals surface area contributed by atoms with Crippen LogP contribution in [0.2, 0.25) is 5.02 Å². The van der Waals surface area contributed by atoms with Gasteiger partial charge in [0.15, 0.2) is 0 Å². The van der Waals surface area contributed by atoms with Gasteiger partial charge < -0.3 is 10.1 Å². The molecule has 2 aromatic heterocycles. The Hall–Kier alpha value is -2.41. The molecule has 1 saturated carbocycles. The molecule has 2 aliphatic rings. The highest BCUT2D eigenvalue weighted by Crippen LogP contribution is 2.44. The Bertz CT molecular complexity index is 1390. The van der Waals surface area contributed by atoms with Gasteiger partial charge >= 0.3 is 10.3 Å². The van der Waals surface area contributed by atoms with Crippen LogP contribution in [0.25, 0.3) is 0 Å². The lowest BCUT2D eigenvalue weighted by atomic mass is 9.85. The van der Waals surface area contributed by atoms with E-state index in [0.29, 0.717) is 34.3 Å². The van der Waals surface area contributed by atoms with Crippen molar-refractivity contribution in [1.29, 1.82) is 0 Å². The maximum atomic E-state index is 13.6. The van der Waals surface area contributed by atoms with Crippen LogP contribution in [0.4, 0.5) is 5.82 Å². The Morgan fingerprint density at radius 1 is 1.30 bits per heavy atom. The standard InChI is InChI=1S/C25H27ClN4O5S2/c26-19-4-1-3-17(10-19)25(7-2-8-34-25)18-11-22(36-14-18)23(31)21-12-28-15-29-24(21)30-20-6-5-16(9-20)13-35-37(27,32)33/h1,3-4,10-12,14-16,20H,2,5-9,13H2,(H2,27,32,33)(H,28,29,30)/t16-,20+,25?/m1/s1. The van der Waals surface area contributed by atoms with Gasteiger partial charge in [0, 0.05) is 23.9 Å². The topological polar surface area (TPSA) is 134 Å². The molecule has 1 aromatic carbocycles. The zero-order valence-corrected chi connectivity index (χ0v) is 22.3. The van der Waals surface area contributed by atoms with Crippen molar-refractivity contribution in [2.45, 2.75) is 43.7 Å². The van der Waals surface area contributed by atoms with Crippen LogP contribution in [0.3, 0.4) is 0 Å². The maximum Gasteiger partial charge on any atom is 0.333 e. The molecule has 196 valence electrons. The van der Waals surface area contributed by atoms with Crippen molar-refractivity contribution in [3.8, 4) is 0 Å². The third-order valence-electron chi connectivity index (χ3n) is 6.91. The molecule has 1 aliphatic carbocycles. The molecule has 37 heavy (non-hydrogen) atoms. The van der Waals surface area contributed by atoms with Crippen molar-refractivity contribution in [1.82, 2.24) is 9.97 Å². The minimum atomic E-state index is -3.97. The number of rotatable bonds is 9. The summed E-state index contributed by atoms with van der Waals surface area (Å²) in [6.07, 6.45) is 6.88. The van der Waals surface area contributed by atoms with E-state index in [1.807, 2.05) is 35.7 Å².